The van der Waals surface area contributed by atoms with Crippen molar-refractivity contribution in [2.24, 2.45) is 5.92 Å². The fourth-order valence-corrected chi connectivity index (χ4v) is 4.12. The van der Waals surface area contributed by atoms with Crippen molar-refractivity contribution in [3.8, 4) is 0 Å². The summed E-state index contributed by atoms with van der Waals surface area (Å²) in [6, 6.07) is 14.3. The molecular weight excluding hydrogens is 398 g/mol. The first-order valence-electron chi connectivity index (χ1n) is 10.2. The molecule has 0 unspecified atom stereocenters. The highest BCUT2D eigenvalue weighted by Crippen LogP contribution is 2.23. The smallest absolute Gasteiger partial charge is 0.242 e. The summed E-state index contributed by atoms with van der Waals surface area (Å²) in [4.78, 5) is 12.9. The van der Waals surface area contributed by atoms with E-state index < -0.39 is 16.1 Å². The molecule has 2 aromatic rings. The average Bonchev–Trinajstić information content (AvgIpc) is 2.71. The van der Waals surface area contributed by atoms with Crippen LogP contribution in [0.15, 0.2) is 53.4 Å². The third-order valence-corrected chi connectivity index (χ3v) is 6.93. The van der Waals surface area contributed by atoms with Crippen molar-refractivity contribution in [2.45, 2.75) is 51.1 Å². The summed E-state index contributed by atoms with van der Waals surface area (Å²) in [5.41, 5.74) is 2.87. The zero-order valence-electron chi connectivity index (χ0n) is 18.6. The van der Waals surface area contributed by atoms with E-state index >= 15 is 0 Å². The Kier molecular flexibility index (Phi) is 8.18. The summed E-state index contributed by atoms with van der Waals surface area (Å²) < 4.78 is 25.8. The van der Waals surface area contributed by atoms with Crippen LogP contribution in [0.5, 0.6) is 0 Å². The molecule has 0 aliphatic carbocycles. The predicted molar refractivity (Wildman–Crippen MR) is 122 cm³/mol. The summed E-state index contributed by atoms with van der Waals surface area (Å²) in [6.07, 6.45) is 0.988. The molecule has 7 heteroatoms. The maximum Gasteiger partial charge on any atom is 0.242 e. The lowest BCUT2D eigenvalue weighted by Gasteiger charge is -2.27. The van der Waals surface area contributed by atoms with Gasteiger partial charge in [0.2, 0.25) is 15.9 Å². The van der Waals surface area contributed by atoms with E-state index in [0.29, 0.717) is 11.6 Å². The summed E-state index contributed by atoms with van der Waals surface area (Å²) in [6.45, 7) is 8.17. The lowest BCUT2D eigenvalue weighted by molar-refractivity contribution is -0.118. The number of hydrogen-bond donors (Lipinski definition) is 2. The van der Waals surface area contributed by atoms with Gasteiger partial charge in [-0.15, -0.1) is 0 Å². The number of anilines is 1. The number of aryl methyl sites for hydroxylation is 1. The lowest BCUT2D eigenvalue weighted by atomic mass is 9.94. The number of carbonyl (C=O) groups is 1. The number of nitrogens with one attached hydrogen (secondary N) is 2. The van der Waals surface area contributed by atoms with Gasteiger partial charge in [0.15, 0.2) is 0 Å². The number of carbonyl (C=O) groups excluding carboxylic acids is 1. The quantitative estimate of drug-likeness (QED) is 0.633. The Hall–Kier alpha value is -2.22. The second-order valence-corrected chi connectivity index (χ2v) is 10.2. The second kappa shape index (κ2) is 10.2. The van der Waals surface area contributed by atoms with E-state index in [2.05, 4.69) is 55.7 Å². The van der Waals surface area contributed by atoms with Crippen molar-refractivity contribution < 1.29 is 13.2 Å². The van der Waals surface area contributed by atoms with Crippen LogP contribution in [0.4, 0.5) is 5.69 Å². The van der Waals surface area contributed by atoms with Crippen LogP contribution in [-0.2, 0) is 21.2 Å². The molecule has 0 aliphatic heterocycles. The molecule has 0 aliphatic rings. The Morgan fingerprint density at radius 3 is 2.20 bits per heavy atom. The number of rotatable bonds is 9. The normalized spacial score (nSPS) is 14.0. The zero-order valence-corrected chi connectivity index (χ0v) is 19.5. The van der Waals surface area contributed by atoms with Crippen LogP contribution >= 0.6 is 0 Å². The highest BCUT2D eigenvalue weighted by Gasteiger charge is 2.23. The fraction of sp³-hybridized carbons (Fsp3) is 0.435. The molecule has 0 saturated heterocycles. The van der Waals surface area contributed by atoms with Gasteiger partial charge in [-0.3, -0.25) is 10.1 Å². The maximum absolute atomic E-state index is 12.8. The van der Waals surface area contributed by atoms with E-state index in [1.807, 2.05) is 6.92 Å². The molecule has 2 atom stereocenters. The largest absolute Gasteiger partial charge is 0.325 e. The molecule has 0 spiro atoms. The molecule has 164 valence electrons. The van der Waals surface area contributed by atoms with Crippen LogP contribution < -0.4 is 10.6 Å². The molecule has 2 N–H and O–H groups in total. The molecule has 0 heterocycles. The van der Waals surface area contributed by atoms with Crippen LogP contribution in [0.3, 0.4) is 0 Å². The topological polar surface area (TPSA) is 78.5 Å². The maximum atomic E-state index is 12.8. The minimum Gasteiger partial charge on any atom is -0.325 e. The van der Waals surface area contributed by atoms with Crippen LogP contribution in [0.25, 0.3) is 0 Å². The first-order chi connectivity index (χ1) is 14.1. The van der Waals surface area contributed by atoms with Crippen molar-refractivity contribution in [3.05, 3.63) is 59.7 Å². The monoisotopic (exact) mass is 431 g/mol. The van der Waals surface area contributed by atoms with E-state index in [1.54, 1.807) is 12.1 Å². The van der Waals surface area contributed by atoms with E-state index in [1.165, 1.54) is 31.8 Å². The molecule has 0 bridgehead atoms. The standard InChI is InChI=1S/C23H33N3O3S/c1-7-18-11-13-19(14-12-18)22(16(2)3)24-17(4)23(27)25-20-9-8-10-21(15-20)30(28,29)26(5)6/h8-17,22,24H,7H2,1-6H3,(H,25,27)/t17-,22-/m1/s1. The van der Waals surface area contributed by atoms with Gasteiger partial charge in [0.1, 0.15) is 0 Å². The minimum atomic E-state index is -3.56. The summed E-state index contributed by atoms with van der Waals surface area (Å²) in [5, 5.41) is 6.24. The molecule has 0 aromatic heterocycles. The molecule has 0 fully saturated rings. The van der Waals surface area contributed by atoms with Crippen LogP contribution in [-0.4, -0.2) is 38.8 Å². The van der Waals surface area contributed by atoms with Gasteiger partial charge in [-0.1, -0.05) is 51.1 Å². The molecule has 1 amide bonds. The first kappa shape index (κ1) is 24.1. The Bertz CT molecular complexity index is 954. The molecule has 0 radical (unpaired) electrons. The number of sulfonamides is 1. The van der Waals surface area contributed by atoms with Crippen molar-refractivity contribution in [1.29, 1.82) is 0 Å². The van der Waals surface area contributed by atoms with E-state index in [4.69, 9.17) is 0 Å². The van der Waals surface area contributed by atoms with Gasteiger partial charge in [-0.2, -0.15) is 0 Å². The van der Waals surface area contributed by atoms with E-state index in [0.717, 1.165) is 16.3 Å². The lowest BCUT2D eigenvalue weighted by Crippen LogP contribution is -2.41. The summed E-state index contributed by atoms with van der Waals surface area (Å²) in [5.74, 6) is 0.0755. The van der Waals surface area contributed by atoms with Gasteiger partial charge in [0.05, 0.1) is 10.9 Å². The Labute approximate surface area is 180 Å². The highest BCUT2D eigenvalue weighted by molar-refractivity contribution is 7.89. The third-order valence-electron chi connectivity index (χ3n) is 5.12. The molecule has 6 nitrogen and oxygen atoms in total. The van der Waals surface area contributed by atoms with E-state index in [-0.39, 0.29) is 16.8 Å². The molecular formula is C23H33N3O3S. The first-order valence-corrected chi connectivity index (χ1v) is 11.7. The van der Waals surface area contributed by atoms with E-state index in [9.17, 15) is 13.2 Å². The number of amides is 1. The van der Waals surface area contributed by atoms with Crippen LogP contribution in [0.1, 0.15) is 44.9 Å². The van der Waals surface area contributed by atoms with Gasteiger partial charge in [0, 0.05) is 25.8 Å². The SMILES string of the molecule is CCc1ccc([C@H](N[C@H](C)C(=O)Nc2cccc(S(=O)(=O)N(C)C)c2)C(C)C)cc1. The third kappa shape index (κ3) is 5.90. The summed E-state index contributed by atoms with van der Waals surface area (Å²) >= 11 is 0. The summed E-state index contributed by atoms with van der Waals surface area (Å²) in [7, 11) is -0.605. The molecule has 2 aromatic carbocycles. The number of nitrogens with zero attached hydrogens (tertiary/aromatic N) is 1. The Balaban J connectivity index is 2.13. The fourth-order valence-electron chi connectivity index (χ4n) is 3.17. The molecule has 0 saturated carbocycles. The van der Waals surface area contributed by atoms with Gasteiger partial charge in [-0.25, -0.2) is 12.7 Å². The Morgan fingerprint density at radius 2 is 1.67 bits per heavy atom. The van der Waals surface area contributed by atoms with Gasteiger partial charge >= 0.3 is 0 Å². The highest BCUT2D eigenvalue weighted by atomic mass is 32.2. The molecule has 30 heavy (non-hydrogen) atoms. The average molecular weight is 432 g/mol. The number of benzene rings is 2. The minimum absolute atomic E-state index is 0.0251. The van der Waals surface area contributed by atoms with Crippen molar-refractivity contribution in [3.63, 3.8) is 0 Å². The van der Waals surface area contributed by atoms with Gasteiger partial charge in [-0.05, 0) is 48.6 Å². The zero-order chi connectivity index (χ0) is 22.5. The predicted octanol–water partition coefficient (Wildman–Crippen LogP) is 3.81. The van der Waals surface area contributed by atoms with Gasteiger partial charge < -0.3 is 5.32 Å². The van der Waals surface area contributed by atoms with Crippen molar-refractivity contribution >= 4 is 21.6 Å². The van der Waals surface area contributed by atoms with Crippen molar-refractivity contribution in [2.75, 3.05) is 19.4 Å². The molecule has 2 rings (SSSR count). The number of hydrogen-bond acceptors (Lipinski definition) is 4. The Morgan fingerprint density at radius 1 is 1.03 bits per heavy atom. The van der Waals surface area contributed by atoms with Crippen LogP contribution in [0, 0.1) is 5.92 Å². The van der Waals surface area contributed by atoms with Gasteiger partial charge in [0.25, 0.3) is 0 Å². The second-order valence-electron chi connectivity index (χ2n) is 8.01. The van der Waals surface area contributed by atoms with Crippen LogP contribution in [0.2, 0.25) is 0 Å². The van der Waals surface area contributed by atoms with Crippen molar-refractivity contribution in [1.82, 2.24) is 9.62 Å².